The number of aromatic nitrogens is 3. The van der Waals surface area contributed by atoms with E-state index in [1.54, 1.807) is 10.6 Å². The Kier molecular flexibility index (Phi) is 4.55. The summed E-state index contributed by atoms with van der Waals surface area (Å²) in [5, 5.41) is 0.998. The molecular weight excluding hydrogens is 386 g/mol. The van der Waals surface area contributed by atoms with Crippen LogP contribution in [0.1, 0.15) is 24.0 Å². The molecule has 0 amide bonds. The van der Waals surface area contributed by atoms with Crippen molar-refractivity contribution in [2.45, 2.75) is 31.8 Å². The summed E-state index contributed by atoms with van der Waals surface area (Å²) in [5.41, 5.74) is 3.23. The fourth-order valence-corrected chi connectivity index (χ4v) is 6.36. The SMILES string of the molecule is CN(c1ncnc2[nH]ccc12)C1CC(CS(=O)(=O)N2CCc3ccccc3C2)C1. The van der Waals surface area contributed by atoms with Crippen molar-refractivity contribution in [1.82, 2.24) is 19.3 Å². The normalized spacial score (nSPS) is 22.2. The highest BCUT2D eigenvalue weighted by Gasteiger charge is 2.38. The van der Waals surface area contributed by atoms with Crippen LogP contribution in [0, 0.1) is 5.92 Å². The lowest BCUT2D eigenvalue weighted by Gasteiger charge is -2.42. The number of nitrogens with zero attached hydrogens (tertiary/aromatic N) is 4. The lowest BCUT2D eigenvalue weighted by Crippen LogP contribution is -2.47. The first-order valence-electron chi connectivity index (χ1n) is 10.1. The first-order chi connectivity index (χ1) is 14.0. The van der Waals surface area contributed by atoms with E-state index in [-0.39, 0.29) is 11.7 Å². The molecule has 5 rings (SSSR count). The molecule has 0 radical (unpaired) electrons. The van der Waals surface area contributed by atoms with Crippen molar-refractivity contribution >= 4 is 26.9 Å². The molecule has 1 fully saturated rings. The van der Waals surface area contributed by atoms with Crippen molar-refractivity contribution in [2.24, 2.45) is 5.92 Å². The Bertz CT molecular complexity index is 1140. The molecule has 152 valence electrons. The molecule has 2 aromatic heterocycles. The van der Waals surface area contributed by atoms with Crippen LogP contribution in [0.4, 0.5) is 5.82 Å². The first-order valence-corrected chi connectivity index (χ1v) is 11.7. The molecule has 1 aliphatic carbocycles. The van der Waals surface area contributed by atoms with E-state index in [9.17, 15) is 8.42 Å². The van der Waals surface area contributed by atoms with Gasteiger partial charge in [0.25, 0.3) is 0 Å². The van der Waals surface area contributed by atoms with Crippen LogP contribution in [-0.2, 0) is 23.0 Å². The van der Waals surface area contributed by atoms with Crippen molar-refractivity contribution in [1.29, 1.82) is 0 Å². The Morgan fingerprint density at radius 2 is 1.97 bits per heavy atom. The highest BCUT2D eigenvalue weighted by Crippen LogP contribution is 2.36. The minimum Gasteiger partial charge on any atom is -0.356 e. The van der Waals surface area contributed by atoms with Gasteiger partial charge in [-0.25, -0.2) is 18.4 Å². The van der Waals surface area contributed by atoms with E-state index in [4.69, 9.17) is 0 Å². The molecule has 7 nitrogen and oxygen atoms in total. The van der Waals surface area contributed by atoms with Crippen LogP contribution in [0.5, 0.6) is 0 Å². The number of fused-ring (bicyclic) bond motifs is 2. The maximum Gasteiger partial charge on any atom is 0.214 e. The van der Waals surface area contributed by atoms with Crippen molar-refractivity contribution < 1.29 is 8.42 Å². The molecule has 1 N–H and O–H groups in total. The van der Waals surface area contributed by atoms with Crippen LogP contribution in [0.25, 0.3) is 11.0 Å². The molecule has 8 heteroatoms. The highest BCUT2D eigenvalue weighted by molar-refractivity contribution is 7.89. The zero-order valence-electron chi connectivity index (χ0n) is 16.5. The Morgan fingerprint density at radius 1 is 1.17 bits per heavy atom. The summed E-state index contributed by atoms with van der Waals surface area (Å²) in [4.78, 5) is 14.0. The molecule has 1 aromatic carbocycles. The van der Waals surface area contributed by atoms with Gasteiger partial charge in [-0.1, -0.05) is 24.3 Å². The van der Waals surface area contributed by atoms with Gasteiger partial charge in [0.1, 0.15) is 17.8 Å². The number of aromatic amines is 1. The largest absolute Gasteiger partial charge is 0.356 e. The van der Waals surface area contributed by atoms with Crippen molar-refractivity contribution in [3.8, 4) is 0 Å². The summed E-state index contributed by atoms with van der Waals surface area (Å²) in [6, 6.07) is 10.4. The van der Waals surface area contributed by atoms with E-state index in [0.717, 1.165) is 41.7 Å². The fraction of sp³-hybridized carbons (Fsp3) is 0.429. The number of benzene rings is 1. The number of sulfonamides is 1. The molecule has 2 aliphatic rings. The van der Waals surface area contributed by atoms with Gasteiger partial charge in [-0.05, 0) is 42.4 Å². The van der Waals surface area contributed by atoms with Gasteiger partial charge in [0.2, 0.25) is 10.0 Å². The predicted octanol–water partition coefficient (Wildman–Crippen LogP) is 2.56. The van der Waals surface area contributed by atoms with Crippen LogP contribution in [0.2, 0.25) is 0 Å². The van der Waals surface area contributed by atoms with E-state index in [1.165, 1.54) is 5.56 Å². The van der Waals surface area contributed by atoms with Crippen LogP contribution in [0.3, 0.4) is 0 Å². The third kappa shape index (κ3) is 3.40. The van der Waals surface area contributed by atoms with Gasteiger partial charge >= 0.3 is 0 Å². The zero-order valence-corrected chi connectivity index (χ0v) is 17.3. The molecule has 0 atom stereocenters. The second-order valence-electron chi connectivity index (χ2n) is 8.17. The molecule has 3 aromatic rings. The number of nitrogens with one attached hydrogen (secondary N) is 1. The summed E-state index contributed by atoms with van der Waals surface area (Å²) >= 11 is 0. The minimum absolute atomic E-state index is 0.202. The lowest BCUT2D eigenvalue weighted by atomic mass is 9.81. The van der Waals surface area contributed by atoms with Crippen LogP contribution in [0.15, 0.2) is 42.9 Å². The fourth-order valence-electron chi connectivity index (χ4n) is 4.58. The van der Waals surface area contributed by atoms with Crippen molar-refractivity contribution in [3.05, 3.63) is 54.0 Å². The second kappa shape index (κ2) is 7.11. The molecule has 0 unspecified atom stereocenters. The van der Waals surface area contributed by atoms with Gasteiger partial charge in [0.05, 0.1) is 11.1 Å². The van der Waals surface area contributed by atoms with E-state index in [1.807, 2.05) is 37.5 Å². The summed E-state index contributed by atoms with van der Waals surface area (Å²) < 4.78 is 27.6. The topological polar surface area (TPSA) is 82.2 Å². The average molecular weight is 412 g/mol. The molecule has 29 heavy (non-hydrogen) atoms. The summed E-state index contributed by atoms with van der Waals surface area (Å²) in [5.74, 6) is 1.34. The molecule has 1 aliphatic heterocycles. The lowest BCUT2D eigenvalue weighted by molar-refractivity contribution is 0.276. The van der Waals surface area contributed by atoms with Gasteiger partial charge in [-0.15, -0.1) is 0 Å². The van der Waals surface area contributed by atoms with E-state index in [0.29, 0.717) is 19.1 Å². The van der Waals surface area contributed by atoms with Gasteiger partial charge in [0, 0.05) is 32.4 Å². The predicted molar refractivity (Wildman–Crippen MR) is 113 cm³/mol. The monoisotopic (exact) mass is 411 g/mol. The van der Waals surface area contributed by atoms with Gasteiger partial charge in [-0.2, -0.15) is 4.31 Å². The average Bonchev–Trinajstić information content (AvgIpc) is 3.18. The summed E-state index contributed by atoms with van der Waals surface area (Å²) in [6.07, 6.45) is 5.97. The smallest absolute Gasteiger partial charge is 0.214 e. The molecule has 3 heterocycles. The number of anilines is 1. The van der Waals surface area contributed by atoms with Gasteiger partial charge < -0.3 is 9.88 Å². The first kappa shape index (κ1) is 18.6. The number of H-pyrrole nitrogens is 1. The summed E-state index contributed by atoms with van der Waals surface area (Å²) in [7, 11) is -1.21. The van der Waals surface area contributed by atoms with Crippen LogP contribution >= 0.6 is 0 Å². The third-order valence-electron chi connectivity index (χ3n) is 6.36. The molecule has 0 spiro atoms. The van der Waals surface area contributed by atoms with Crippen LogP contribution in [-0.4, -0.2) is 53.1 Å². The Hall–Kier alpha value is -2.45. The minimum atomic E-state index is -3.24. The van der Waals surface area contributed by atoms with Crippen molar-refractivity contribution in [2.75, 3.05) is 24.2 Å². The number of rotatable bonds is 5. The summed E-state index contributed by atoms with van der Waals surface area (Å²) in [6.45, 7) is 1.09. The van der Waals surface area contributed by atoms with E-state index >= 15 is 0 Å². The maximum atomic E-state index is 13.0. The third-order valence-corrected chi connectivity index (χ3v) is 8.35. The molecule has 0 bridgehead atoms. The number of hydrogen-bond donors (Lipinski definition) is 1. The quantitative estimate of drug-likeness (QED) is 0.698. The van der Waals surface area contributed by atoms with Crippen molar-refractivity contribution in [3.63, 3.8) is 0 Å². The highest BCUT2D eigenvalue weighted by atomic mass is 32.2. The van der Waals surface area contributed by atoms with E-state index < -0.39 is 10.0 Å². The molecule has 0 saturated heterocycles. The second-order valence-corrected chi connectivity index (χ2v) is 10.2. The van der Waals surface area contributed by atoms with Gasteiger partial charge in [0.15, 0.2) is 0 Å². The Labute approximate surface area is 170 Å². The standard InChI is InChI=1S/C21H25N5O2S/c1-25(21-19-6-8-22-20(19)23-14-24-21)18-10-15(11-18)13-29(27,28)26-9-7-16-4-2-3-5-17(16)12-26/h2-6,8,14-15,18H,7,9-13H2,1H3,(H,22,23,24). The Morgan fingerprint density at radius 3 is 2.79 bits per heavy atom. The molecule has 1 saturated carbocycles. The van der Waals surface area contributed by atoms with Crippen LogP contribution < -0.4 is 4.90 Å². The Balaban J connectivity index is 1.22. The maximum absolute atomic E-state index is 13.0. The number of hydrogen-bond acceptors (Lipinski definition) is 5. The van der Waals surface area contributed by atoms with E-state index in [2.05, 4.69) is 25.9 Å². The zero-order chi connectivity index (χ0) is 20.0. The van der Waals surface area contributed by atoms with Gasteiger partial charge in [-0.3, -0.25) is 0 Å². The molecular formula is C21H25N5O2S.